The van der Waals surface area contributed by atoms with Crippen LogP contribution in [-0.2, 0) is 9.59 Å². The van der Waals surface area contributed by atoms with E-state index < -0.39 is 0 Å². The number of rotatable bonds is 5. The van der Waals surface area contributed by atoms with Crippen LogP contribution >= 0.6 is 0 Å². The summed E-state index contributed by atoms with van der Waals surface area (Å²) in [5.74, 6) is 0.884. The molecule has 0 spiro atoms. The number of hydrogen-bond acceptors (Lipinski definition) is 4. The van der Waals surface area contributed by atoms with Gasteiger partial charge in [-0.1, -0.05) is 25.7 Å². The average Bonchev–Trinajstić information content (AvgIpc) is 2.87. The molecule has 26 heavy (non-hydrogen) atoms. The van der Waals surface area contributed by atoms with Gasteiger partial charge in [0.25, 0.3) is 0 Å². The van der Waals surface area contributed by atoms with Crippen molar-refractivity contribution in [3.05, 3.63) is 18.2 Å². The Morgan fingerprint density at radius 1 is 1.12 bits per heavy atom. The van der Waals surface area contributed by atoms with E-state index in [9.17, 15) is 9.59 Å². The molecule has 0 bridgehead atoms. The first-order chi connectivity index (χ1) is 12.6. The molecule has 6 nitrogen and oxygen atoms in total. The zero-order chi connectivity index (χ0) is 18.5. The normalized spacial score (nSPS) is 21.4. The highest BCUT2D eigenvalue weighted by molar-refractivity contribution is 6.01. The molecule has 0 radical (unpaired) electrons. The zero-order valence-corrected chi connectivity index (χ0v) is 15.6. The Labute approximate surface area is 154 Å². The van der Waals surface area contributed by atoms with Gasteiger partial charge in [-0.25, -0.2) is 0 Å². The molecule has 1 heterocycles. The molecule has 2 amide bonds. The van der Waals surface area contributed by atoms with Crippen LogP contribution in [0.1, 0.15) is 44.9 Å². The molecular formula is C20H28N2O4. The van der Waals surface area contributed by atoms with E-state index in [0.717, 1.165) is 12.8 Å². The maximum Gasteiger partial charge on any atom is 0.227 e. The average molecular weight is 360 g/mol. The molecule has 1 aromatic carbocycles. The van der Waals surface area contributed by atoms with Gasteiger partial charge in [0.05, 0.1) is 25.8 Å². The van der Waals surface area contributed by atoms with E-state index in [1.807, 2.05) is 0 Å². The highest BCUT2D eigenvalue weighted by Gasteiger charge is 2.37. The van der Waals surface area contributed by atoms with Crippen molar-refractivity contribution in [3.63, 3.8) is 0 Å². The fourth-order valence-electron chi connectivity index (χ4n) is 3.87. The summed E-state index contributed by atoms with van der Waals surface area (Å²) in [4.78, 5) is 26.8. The highest BCUT2D eigenvalue weighted by atomic mass is 16.5. The maximum atomic E-state index is 12.7. The molecule has 3 rings (SSSR count). The van der Waals surface area contributed by atoms with Crippen LogP contribution in [0.25, 0.3) is 0 Å². The molecule has 1 saturated heterocycles. The molecule has 1 aromatic rings. The van der Waals surface area contributed by atoms with Gasteiger partial charge in [-0.3, -0.25) is 9.59 Å². The first-order valence-corrected chi connectivity index (χ1v) is 9.45. The van der Waals surface area contributed by atoms with Crippen LogP contribution in [0.5, 0.6) is 11.5 Å². The topological polar surface area (TPSA) is 67.9 Å². The van der Waals surface area contributed by atoms with Gasteiger partial charge in [0.15, 0.2) is 0 Å². The minimum absolute atomic E-state index is 0.000212. The third kappa shape index (κ3) is 4.11. The number of nitrogens with zero attached hydrogens (tertiary/aromatic N) is 1. The molecule has 2 fully saturated rings. The van der Waals surface area contributed by atoms with Crippen molar-refractivity contribution in [2.24, 2.45) is 5.92 Å². The van der Waals surface area contributed by atoms with Gasteiger partial charge in [-0.2, -0.15) is 0 Å². The number of carbonyl (C=O) groups is 2. The standard InChI is InChI=1S/C20H28N2O4/c1-25-16-9-10-17(18(12-16)26-2)22-13-14(11-19(22)23)20(24)21-15-7-5-3-4-6-8-15/h9-10,12,14-15H,3-8,11,13H2,1-2H3,(H,21,24)/t14-/m0/s1. The van der Waals surface area contributed by atoms with E-state index in [1.165, 1.54) is 25.7 Å². The van der Waals surface area contributed by atoms with Crippen molar-refractivity contribution < 1.29 is 19.1 Å². The summed E-state index contributed by atoms with van der Waals surface area (Å²) < 4.78 is 10.6. The Kier molecular flexibility index (Phi) is 6.01. The van der Waals surface area contributed by atoms with Crippen LogP contribution in [0.15, 0.2) is 18.2 Å². The number of nitrogens with one attached hydrogen (secondary N) is 1. The molecular weight excluding hydrogens is 332 g/mol. The lowest BCUT2D eigenvalue weighted by Crippen LogP contribution is -2.39. The van der Waals surface area contributed by atoms with Gasteiger partial charge < -0.3 is 19.7 Å². The Balaban J connectivity index is 1.67. The molecule has 0 unspecified atom stereocenters. The Morgan fingerprint density at radius 3 is 2.50 bits per heavy atom. The first-order valence-electron chi connectivity index (χ1n) is 9.45. The number of ether oxygens (including phenoxy) is 2. The first kappa shape index (κ1) is 18.5. The minimum Gasteiger partial charge on any atom is -0.497 e. The molecule has 6 heteroatoms. The maximum absolute atomic E-state index is 12.7. The molecule has 1 aliphatic heterocycles. The Bertz CT molecular complexity index is 653. The molecule has 0 aromatic heterocycles. The smallest absolute Gasteiger partial charge is 0.227 e. The van der Waals surface area contributed by atoms with E-state index in [0.29, 0.717) is 23.7 Å². The number of carbonyl (C=O) groups excluding carboxylic acids is 2. The summed E-state index contributed by atoms with van der Waals surface area (Å²) in [5, 5.41) is 3.17. The van der Waals surface area contributed by atoms with E-state index in [1.54, 1.807) is 37.3 Å². The van der Waals surface area contributed by atoms with Gasteiger partial charge >= 0.3 is 0 Å². The van der Waals surface area contributed by atoms with Gasteiger partial charge in [0, 0.05) is 25.1 Å². The van der Waals surface area contributed by atoms with Crippen molar-refractivity contribution in [1.82, 2.24) is 5.32 Å². The predicted molar refractivity (Wildman–Crippen MR) is 99.6 cm³/mol. The minimum atomic E-state index is -0.308. The molecule has 142 valence electrons. The number of amides is 2. The van der Waals surface area contributed by atoms with Crippen LogP contribution in [0.4, 0.5) is 5.69 Å². The summed E-state index contributed by atoms with van der Waals surface area (Å²) in [6, 6.07) is 5.61. The van der Waals surface area contributed by atoms with E-state index in [2.05, 4.69) is 5.32 Å². The van der Waals surface area contributed by atoms with Gasteiger partial charge in [0.1, 0.15) is 11.5 Å². The molecule has 1 atom stereocenters. The van der Waals surface area contributed by atoms with Gasteiger partial charge in [-0.15, -0.1) is 0 Å². The number of benzene rings is 1. The summed E-state index contributed by atoms with van der Waals surface area (Å²) in [5.41, 5.74) is 0.683. The lowest BCUT2D eigenvalue weighted by Gasteiger charge is -2.21. The lowest BCUT2D eigenvalue weighted by atomic mass is 10.0. The van der Waals surface area contributed by atoms with E-state index in [4.69, 9.17) is 9.47 Å². The summed E-state index contributed by atoms with van der Waals surface area (Å²) in [6.07, 6.45) is 7.17. The summed E-state index contributed by atoms with van der Waals surface area (Å²) >= 11 is 0. The molecule has 1 N–H and O–H groups in total. The van der Waals surface area contributed by atoms with E-state index in [-0.39, 0.29) is 30.2 Å². The van der Waals surface area contributed by atoms with Crippen LogP contribution in [0.3, 0.4) is 0 Å². The SMILES string of the molecule is COc1ccc(N2C[C@@H](C(=O)NC3CCCCCC3)CC2=O)c(OC)c1. The van der Waals surface area contributed by atoms with Crippen molar-refractivity contribution in [1.29, 1.82) is 0 Å². The quantitative estimate of drug-likeness (QED) is 0.820. The van der Waals surface area contributed by atoms with Gasteiger partial charge in [0.2, 0.25) is 11.8 Å². The second kappa shape index (κ2) is 8.43. The van der Waals surface area contributed by atoms with Crippen LogP contribution in [0.2, 0.25) is 0 Å². The third-order valence-corrected chi connectivity index (χ3v) is 5.38. The fourth-order valence-corrected chi connectivity index (χ4v) is 3.87. The summed E-state index contributed by atoms with van der Waals surface area (Å²) in [6.45, 7) is 0.389. The highest BCUT2D eigenvalue weighted by Crippen LogP contribution is 2.35. The largest absolute Gasteiger partial charge is 0.497 e. The second-order valence-electron chi connectivity index (χ2n) is 7.14. The van der Waals surface area contributed by atoms with Crippen LogP contribution in [0, 0.1) is 5.92 Å². The van der Waals surface area contributed by atoms with Crippen LogP contribution in [-0.4, -0.2) is 38.6 Å². The number of anilines is 1. The molecule has 1 saturated carbocycles. The predicted octanol–water partition coefficient (Wildman–Crippen LogP) is 2.90. The van der Waals surface area contributed by atoms with Gasteiger partial charge in [-0.05, 0) is 25.0 Å². The zero-order valence-electron chi connectivity index (χ0n) is 15.6. The van der Waals surface area contributed by atoms with Crippen molar-refractivity contribution >= 4 is 17.5 Å². The number of methoxy groups -OCH3 is 2. The van der Waals surface area contributed by atoms with Crippen molar-refractivity contribution in [2.45, 2.75) is 51.0 Å². The van der Waals surface area contributed by atoms with E-state index >= 15 is 0 Å². The molecule has 1 aliphatic carbocycles. The second-order valence-corrected chi connectivity index (χ2v) is 7.14. The lowest BCUT2D eigenvalue weighted by molar-refractivity contribution is -0.127. The molecule has 2 aliphatic rings. The Hall–Kier alpha value is -2.24. The Morgan fingerprint density at radius 2 is 1.85 bits per heavy atom. The monoisotopic (exact) mass is 360 g/mol. The van der Waals surface area contributed by atoms with Crippen molar-refractivity contribution in [2.75, 3.05) is 25.7 Å². The fraction of sp³-hybridized carbons (Fsp3) is 0.600. The van der Waals surface area contributed by atoms with Crippen LogP contribution < -0.4 is 19.7 Å². The summed E-state index contributed by atoms with van der Waals surface area (Å²) in [7, 11) is 3.15. The number of hydrogen-bond donors (Lipinski definition) is 1. The van der Waals surface area contributed by atoms with Crippen molar-refractivity contribution in [3.8, 4) is 11.5 Å². The third-order valence-electron chi connectivity index (χ3n) is 5.38.